The lowest BCUT2D eigenvalue weighted by atomic mass is 10.1. The number of amides is 1. The predicted molar refractivity (Wildman–Crippen MR) is 102 cm³/mol. The Bertz CT molecular complexity index is 778. The van der Waals surface area contributed by atoms with Crippen molar-refractivity contribution in [2.24, 2.45) is 0 Å². The van der Waals surface area contributed by atoms with Gasteiger partial charge in [-0.05, 0) is 43.9 Å². The molecule has 144 valence electrons. The van der Waals surface area contributed by atoms with E-state index in [0.717, 1.165) is 5.56 Å². The monoisotopic (exact) mass is 372 g/mol. The second kappa shape index (κ2) is 8.92. The summed E-state index contributed by atoms with van der Waals surface area (Å²) < 4.78 is 19.0. The van der Waals surface area contributed by atoms with Crippen LogP contribution in [0.1, 0.15) is 22.0 Å². The van der Waals surface area contributed by atoms with Gasteiger partial charge in [0, 0.05) is 25.8 Å². The number of hydrogen-bond acceptors (Lipinski definition) is 5. The van der Waals surface area contributed by atoms with Gasteiger partial charge < -0.3 is 19.9 Å². The standard InChI is InChI=1S/C20H25FN4O2/c1-24(2)18(15-5-3-6-16(21)13-15)14-23-20(26)17-7-4-8-22-19(17)25-9-11-27-12-10-25/h3-8,13,18H,9-12,14H2,1-2H3,(H,23,26). The van der Waals surface area contributed by atoms with Crippen LogP contribution >= 0.6 is 0 Å². The van der Waals surface area contributed by atoms with Gasteiger partial charge in [0.15, 0.2) is 0 Å². The molecule has 0 saturated carbocycles. The quantitative estimate of drug-likeness (QED) is 0.842. The van der Waals surface area contributed by atoms with Crippen molar-refractivity contribution in [1.82, 2.24) is 15.2 Å². The topological polar surface area (TPSA) is 57.7 Å². The third-order valence-electron chi connectivity index (χ3n) is 4.65. The summed E-state index contributed by atoms with van der Waals surface area (Å²) in [6.45, 7) is 3.04. The van der Waals surface area contributed by atoms with E-state index in [1.165, 1.54) is 12.1 Å². The maximum atomic E-state index is 13.6. The van der Waals surface area contributed by atoms with Crippen molar-refractivity contribution < 1.29 is 13.9 Å². The van der Waals surface area contributed by atoms with E-state index in [4.69, 9.17) is 4.74 Å². The lowest BCUT2D eigenvalue weighted by molar-refractivity contribution is 0.0940. The summed E-state index contributed by atoms with van der Waals surface area (Å²) in [6, 6.07) is 9.87. The summed E-state index contributed by atoms with van der Waals surface area (Å²) in [5.41, 5.74) is 1.36. The van der Waals surface area contributed by atoms with E-state index >= 15 is 0 Å². The highest BCUT2D eigenvalue weighted by molar-refractivity contribution is 5.98. The van der Waals surface area contributed by atoms with Crippen LogP contribution in [0.4, 0.5) is 10.2 Å². The van der Waals surface area contributed by atoms with Crippen molar-refractivity contribution in [2.75, 3.05) is 51.8 Å². The summed E-state index contributed by atoms with van der Waals surface area (Å²) in [7, 11) is 3.82. The molecular formula is C20H25FN4O2. The van der Waals surface area contributed by atoms with Gasteiger partial charge in [-0.25, -0.2) is 9.37 Å². The molecule has 1 amide bonds. The van der Waals surface area contributed by atoms with E-state index in [9.17, 15) is 9.18 Å². The Morgan fingerprint density at radius 3 is 2.78 bits per heavy atom. The van der Waals surface area contributed by atoms with Gasteiger partial charge in [-0.1, -0.05) is 12.1 Å². The van der Waals surface area contributed by atoms with Crippen LogP contribution in [-0.2, 0) is 4.74 Å². The number of nitrogens with zero attached hydrogens (tertiary/aromatic N) is 3. The molecule has 27 heavy (non-hydrogen) atoms. The minimum Gasteiger partial charge on any atom is -0.378 e. The zero-order valence-electron chi connectivity index (χ0n) is 15.7. The molecule has 0 spiro atoms. The molecule has 1 unspecified atom stereocenters. The Labute approximate surface area is 158 Å². The Kier molecular flexibility index (Phi) is 6.36. The molecule has 1 atom stereocenters. The molecule has 2 aromatic rings. The van der Waals surface area contributed by atoms with Gasteiger partial charge in [-0.2, -0.15) is 0 Å². The zero-order valence-corrected chi connectivity index (χ0v) is 15.7. The van der Waals surface area contributed by atoms with Crippen LogP contribution in [0, 0.1) is 5.82 Å². The highest BCUT2D eigenvalue weighted by Crippen LogP contribution is 2.21. The maximum Gasteiger partial charge on any atom is 0.255 e. The first-order chi connectivity index (χ1) is 13.1. The minimum absolute atomic E-state index is 0.131. The largest absolute Gasteiger partial charge is 0.378 e. The third-order valence-corrected chi connectivity index (χ3v) is 4.65. The number of ether oxygens (including phenoxy) is 1. The highest BCUT2D eigenvalue weighted by atomic mass is 19.1. The Morgan fingerprint density at radius 2 is 2.07 bits per heavy atom. The van der Waals surface area contributed by atoms with E-state index in [0.29, 0.717) is 44.2 Å². The molecule has 1 fully saturated rings. The van der Waals surface area contributed by atoms with E-state index in [1.807, 2.05) is 25.1 Å². The fourth-order valence-corrected chi connectivity index (χ4v) is 3.20. The summed E-state index contributed by atoms with van der Waals surface area (Å²) in [6.07, 6.45) is 1.69. The molecule has 6 nitrogen and oxygen atoms in total. The number of hydrogen-bond donors (Lipinski definition) is 1. The van der Waals surface area contributed by atoms with Gasteiger partial charge in [-0.15, -0.1) is 0 Å². The Hall–Kier alpha value is -2.51. The van der Waals surface area contributed by atoms with Crippen molar-refractivity contribution in [3.05, 3.63) is 59.5 Å². The van der Waals surface area contributed by atoms with Crippen molar-refractivity contribution in [3.8, 4) is 0 Å². The lowest BCUT2D eigenvalue weighted by Gasteiger charge is -2.29. The second-order valence-corrected chi connectivity index (χ2v) is 6.72. The van der Waals surface area contributed by atoms with Gasteiger partial charge in [0.2, 0.25) is 0 Å². The number of nitrogens with one attached hydrogen (secondary N) is 1. The molecule has 2 heterocycles. The number of halogens is 1. The predicted octanol–water partition coefficient (Wildman–Crippen LogP) is 2.09. The molecule has 3 rings (SSSR count). The van der Waals surface area contributed by atoms with Gasteiger partial charge in [0.1, 0.15) is 11.6 Å². The molecule has 1 N–H and O–H groups in total. The van der Waals surface area contributed by atoms with Gasteiger partial charge >= 0.3 is 0 Å². The van der Waals surface area contributed by atoms with E-state index in [2.05, 4.69) is 15.2 Å². The van der Waals surface area contributed by atoms with Crippen LogP contribution in [0.15, 0.2) is 42.6 Å². The van der Waals surface area contributed by atoms with E-state index in [-0.39, 0.29) is 17.8 Å². The average Bonchev–Trinajstić information content (AvgIpc) is 2.68. The molecular weight excluding hydrogens is 347 g/mol. The molecule has 0 bridgehead atoms. The number of anilines is 1. The molecule has 7 heteroatoms. The number of aromatic nitrogens is 1. The van der Waals surface area contributed by atoms with Crippen molar-refractivity contribution in [1.29, 1.82) is 0 Å². The fourth-order valence-electron chi connectivity index (χ4n) is 3.20. The highest BCUT2D eigenvalue weighted by Gasteiger charge is 2.21. The number of morpholine rings is 1. The first kappa shape index (κ1) is 19.3. The van der Waals surface area contributed by atoms with Gasteiger partial charge in [0.25, 0.3) is 5.91 Å². The Morgan fingerprint density at radius 1 is 1.30 bits per heavy atom. The van der Waals surface area contributed by atoms with E-state index in [1.54, 1.807) is 24.4 Å². The average molecular weight is 372 g/mol. The lowest BCUT2D eigenvalue weighted by Crippen LogP contribution is -2.39. The first-order valence-electron chi connectivity index (χ1n) is 9.04. The van der Waals surface area contributed by atoms with Crippen molar-refractivity contribution in [3.63, 3.8) is 0 Å². The SMILES string of the molecule is CN(C)C(CNC(=O)c1cccnc1N1CCOCC1)c1cccc(F)c1. The minimum atomic E-state index is -0.285. The molecule has 1 aromatic carbocycles. The van der Waals surface area contributed by atoms with Crippen LogP contribution in [0.25, 0.3) is 0 Å². The van der Waals surface area contributed by atoms with Crippen LogP contribution in [0.5, 0.6) is 0 Å². The molecule has 1 aliphatic rings. The molecule has 1 aliphatic heterocycles. The van der Waals surface area contributed by atoms with Gasteiger partial charge in [0.05, 0.1) is 24.8 Å². The van der Waals surface area contributed by atoms with Gasteiger partial charge in [-0.3, -0.25) is 4.79 Å². The number of carbonyl (C=O) groups is 1. The molecule has 1 saturated heterocycles. The smallest absolute Gasteiger partial charge is 0.255 e. The molecule has 0 radical (unpaired) electrons. The molecule has 0 aliphatic carbocycles. The normalized spacial score (nSPS) is 15.6. The van der Waals surface area contributed by atoms with Crippen LogP contribution in [0.3, 0.4) is 0 Å². The molecule has 1 aromatic heterocycles. The third kappa shape index (κ3) is 4.81. The van der Waals surface area contributed by atoms with Crippen molar-refractivity contribution in [2.45, 2.75) is 6.04 Å². The summed E-state index contributed by atoms with van der Waals surface area (Å²) >= 11 is 0. The number of benzene rings is 1. The first-order valence-corrected chi connectivity index (χ1v) is 9.04. The fraction of sp³-hybridized carbons (Fsp3) is 0.400. The summed E-state index contributed by atoms with van der Waals surface area (Å²) in [5.74, 6) is 0.200. The zero-order chi connectivity index (χ0) is 19.2. The maximum absolute atomic E-state index is 13.6. The van der Waals surface area contributed by atoms with Crippen LogP contribution < -0.4 is 10.2 Å². The summed E-state index contributed by atoms with van der Waals surface area (Å²) in [4.78, 5) is 21.3. The summed E-state index contributed by atoms with van der Waals surface area (Å²) in [5, 5.41) is 2.98. The van der Waals surface area contributed by atoms with Crippen LogP contribution in [-0.4, -0.2) is 62.7 Å². The van der Waals surface area contributed by atoms with Crippen molar-refractivity contribution >= 4 is 11.7 Å². The number of pyridine rings is 1. The number of rotatable bonds is 6. The van der Waals surface area contributed by atoms with Crippen LogP contribution in [0.2, 0.25) is 0 Å². The second-order valence-electron chi connectivity index (χ2n) is 6.72. The van der Waals surface area contributed by atoms with E-state index < -0.39 is 0 Å². The number of likely N-dealkylation sites (N-methyl/N-ethyl adjacent to an activating group) is 1. The Balaban J connectivity index is 1.73. The number of carbonyl (C=O) groups excluding carboxylic acids is 1.